The molecule has 1 atom stereocenters. The second kappa shape index (κ2) is 6.98. The first-order chi connectivity index (χ1) is 11.6. The number of tetrazole rings is 1. The van der Waals surface area contributed by atoms with E-state index in [2.05, 4.69) is 52.9 Å². The molecule has 7 nitrogen and oxygen atoms in total. The van der Waals surface area contributed by atoms with E-state index in [1.807, 2.05) is 4.90 Å². The Labute approximate surface area is 142 Å². The van der Waals surface area contributed by atoms with Gasteiger partial charge in [-0.05, 0) is 53.8 Å². The molecule has 1 aromatic heterocycles. The molecule has 0 radical (unpaired) electrons. The first kappa shape index (κ1) is 16.4. The van der Waals surface area contributed by atoms with Gasteiger partial charge in [0.05, 0.1) is 6.04 Å². The number of nitrogens with zero attached hydrogens (tertiary/aromatic N) is 5. The van der Waals surface area contributed by atoms with Crippen molar-refractivity contribution < 1.29 is 4.79 Å². The summed E-state index contributed by atoms with van der Waals surface area (Å²) in [6.45, 7) is 5.56. The topological polar surface area (TPSA) is 75.9 Å². The van der Waals surface area contributed by atoms with Crippen LogP contribution in [0.5, 0.6) is 0 Å². The van der Waals surface area contributed by atoms with Crippen LogP contribution in [0.4, 0.5) is 4.79 Å². The zero-order valence-corrected chi connectivity index (χ0v) is 14.5. The number of carbonyl (C=O) groups excluding carboxylic acids is 1. The number of hydrogen-bond acceptors (Lipinski definition) is 4. The molecule has 1 aromatic carbocycles. The molecule has 2 aromatic rings. The van der Waals surface area contributed by atoms with Crippen LogP contribution in [0.2, 0.25) is 0 Å². The molecule has 2 heterocycles. The summed E-state index contributed by atoms with van der Waals surface area (Å²) in [5.41, 5.74) is 3.78. The lowest BCUT2D eigenvalue weighted by Gasteiger charge is -2.26. The average Bonchev–Trinajstić information content (AvgIpc) is 3.19. The molecule has 1 aliphatic rings. The summed E-state index contributed by atoms with van der Waals surface area (Å²) >= 11 is 0. The molecule has 1 N–H and O–H groups in total. The SMILES string of the molecule is Cc1ccc(C2CCCN2C(=O)NCCc2nnnn2C)cc1C. The highest BCUT2D eigenvalue weighted by atomic mass is 16.2. The smallest absolute Gasteiger partial charge is 0.317 e. The fraction of sp³-hybridized carbons (Fsp3) is 0.529. The van der Waals surface area contributed by atoms with Crippen molar-refractivity contribution in [2.24, 2.45) is 7.05 Å². The summed E-state index contributed by atoms with van der Waals surface area (Å²) < 4.78 is 1.62. The van der Waals surface area contributed by atoms with Crippen molar-refractivity contribution in [1.82, 2.24) is 30.4 Å². The molecular formula is C17H24N6O. The Morgan fingerprint density at radius 3 is 2.88 bits per heavy atom. The molecular weight excluding hydrogens is 304 g/mol. The normalized spacial score (nSPS) is 17.3. The van der Waals surface area contributed by atoms with Crippen molar-refractivity contribution in [2.75, 3.05) is 13.1 Å². The number of rotatable bonds is 4. The zero-order chi connectivity index (χ0) is 17.1. The number of hydrogen-bond donors (Lipinski definition) is 1. The van der Waals surface area contributed by atoms with Crippen molar-refractivity contribution in [3.8, 4) is 0 Å². The van der Waals surface area contributed by atoms with Crippen LogP contribution in [-0.2, 0) is 13.5 Å². The van der Waals surface area contributed by atoms with Crippen LogP contribution in [0.1, 0.15) is 41.4 Å². The molecule has 2 amide bonds. The minimum absolute atomic E-state index is 0.00847. The molecule has 0 spiro atoms. The molecule has 1 fully saturated rings. The van der Waals surface area contributed by atoms with Gasteiger partial charge in [-0.25, -0.2) is 9.48 Å². The molecule has 1 unspecified atom stereocenters. The number of benzene rings is 1. The number of aromatic nitrogens is 4. The van der Waals surface area contributed by atoms with Crippen molar-refractivity contribution in [1.29, 1.82) is 0 Å². The number of amides is 2. The van der Waals surface area contributed by atoms with Crippen LogP contribution in [0.3, 0.4) is 0 Å². The Kier molecular flexibility index (Phi) is 4.78. The lowest BCUT2D eigenvalue weighted by Crippen LogP contribution is -2.40. The quantitative estimate of drug-likeness (QED) is 0.930. The lowest BCUT2D eigenvalue weighted by atomic mass is 9.99. The van der Waals surface area contributed by atoms with E-state index in [4.69, 9.17) is 0 Å². The van der Waals surface area contributed by atoms with E-state index in [1.165, 1.54) is 16.7 Å². The fourth-order valence-corrected chi connectivity index (χ4v) is 3.17. The Morgan fingerprint density at radius 1 is 1.33 bits per heavy atom. The first-order valence-electron chi connectivity index (χ1n) is 8.39. The molecule has 3 rings (SSSR count). The fourth-order valence-electron chi connectivity index (χ4n) is 3.17. The highest BCUT2D eigenvalue weighted by molar-refractivity contribution is 5.75. The highest BCUT2D eigenvalue weighted by Gasteiger charge is 2.29. The van der Waals surface area contributed by atoms with Crippen LogP contribution in [-0.4, -0.2) is 44.2 Å². The molecule has 7 heteroatoms. The summed E-state index contributed by atoms with van der Waals surface area (Å²) in [7, 11) is 1.80. The van der Waals surface area contributed by atoms with Crippen LogP contribution in [0.25, 0.3) is 0 Å². The Morgan fingerprint density at radius 2 is 2.17 bits per heavy atom. The van der Waals surface area contributed by atoms with Gasteiger partial charge < -0.3 is 10.2 Å². The second-order valence-electron chi connectivity index (χ2n) is 6.40. The number of carbonyl (C=O) groups is 1. The van der Waals surface area contributed by atoms with Gasteiger partial charge in [-0.2, -0.15) is 0 Å². The van der Waals surface area contributed by atoms with Crippen molar-refractivity contribution in [3.63, 3.8) is 0 Å². The summed E-state index contributed by atoms with van der Waals surface area (Å²) in [4.78, 5) is 14.5. The Bertz CT molecular complexity index is 726. The maximum absolute atomic E-state index is 12.6. The maximum atomic E-state index is 12.6. The number of aryl methyl sites for hydroxylation is 3. The third kappa shape index (κ3) is 3.39. The molecule has 1 aliphatic heterocycles. The number of likely N-dealkylation sites (tertiary alicyclic amines) is 1. The first-order valence-corrected chi connectivity index (χ1v) is 8.39. The van der Waals surface area contributed by atoms with Gasteiger partial charge in [-0.1, -0.05) is 18.2 Å². The van der Waals surface area contributed by atoms with E-state index < -0.39 is 0 Å². The van der Waals surface area contributed by atoms with Gasteiger partial charge in [-0.15, -0.1) is 5.10 Å². The summed E-state index contributed by atoms with van der Waals surface area (Å²) in [6.07, 6.45) is 2.68. The van der Waals surface area contributed by atoms with Gasteiger partial charge >= 0.3 is 6.03 Å². The van der Waals surface area contributed by atoms with Crippen molar-refractivity contribution >= 4 is 6.03 Å². The monoisotopic (exact) mass is 328 g/mol. The van der Waals surface area contributed by atoms with Crippen LogP contribution >= 0.6 is 0 Å². The molecule has 1 saturated heterocycles. The van der Waals surface area contributed by atoms with Crippen molar-refractivity contribution in [3.05, 3.63) is 40.7 Å². The van der Waals surface area contributed by atoms with Gasteiger partial charge in [0.15, 0.2) is 5.82 Å². The summed E-state index contributed by atoms with van der Waals surface area (Å²) in [5, 5.41) is 14.3. The van der Waals surface area contributed by atoms with E-state index in [9.17, 15) is 4.79 Å². The third-order valence-corrected chi connectivity index (χ3v) is 4.76. The van der Waals surface area contributed by atoms with Gasteiger partial charge in [-0.3, -0.25) is 0 Å². The zero-order valence-electron chi connectivity index (χ0n) is 14.5. The van der Waals surface area contributed by atoms with Crippen LogP contribution in [0.15, 0.2) is 18.2 Å². The largest absolute Gasteiger partial charge is 0.338 e. The number of nitrogens with one attached hydrogen (secondary N) is 1. The summed E-state index contributed by atoms with van der Waals surface area (Å²) in [5.74, 6) is 0.766. The van der Waals surface area contributed by atoms with Crippen molar-refractivity contribution in [2.45, 2.75) is 39.2 Å². The van der Waals surface area contributed by atoms with Crippen LogP contribution < -0.4 is 5.32 Å². The van der Waals surface area contributed by atoms with Gasteiger partial charge in [0, 0.05) is 26.6 Å². The third-order valence-electron chi connectivity index (χ3n) is 4.76. The standard InChI is InChI=1S/C17H24N6O/c1-12-6-7-14(11-13(12)2)15-5-4-10-23(15)17(24)18-9-8-16-19-20-21-22(16)3/h6-7,11,15H,4-5,8-10H2,1-3H3,(H,18,24). The molecule has 24 heavy (non-hydrogen) atoms. The average molecular weight is 328 g/mol. The number of urea groups is 1. The highest BCUT2D eigenvalue weighted by Crippen LogP contribution is 2.32. The van der Waals surface area contributed by atoms with E-state index in [-0.39, 0.29) is 12.1 Å². The Balaban J connectivity index is 1.61. The van der Waals surface area contributed by atoms with E-state index in [0.717, 1.165) is 25.2 Å². The van der Waals surface area contributed by atoms with Gasteiger partial charge in [0.25, 0.3) is 0 Å². The molecule has 0 aliphatic carbocycles. The van der Waals surface area contributed by atoms with Gasteiger partial charge in [0.1, 0.15) is 0 Å². The Hall–Kier alpha value is -2.44. The predicted octanol–water partition coefficient (Wildman–Crippen LogP) is 1.92. The van der Waals surface area contributed by atoms with Crippen LogP contribution in [0, 0.1) is 13.8 Å². The minimum Gasteiger partial charge on any atom is -0.338 e. The van der Waals surface area contributed by atoms with E-state index in [1.54, 1.807) is 11.7 Å². The van der Waals surface area contributed by atoms with E-state index in [0.29, 0.717) is 13.0 Å². The lowest BCUT2D eigenvalue weighted by molar-refractivity contribution is 0.193. The van der Waals surface area contributed by atoms with E-state index >= 15 is 0 Å². The molecule has 128 valence electrons. The molecule has 0 saturated carbocycles. The predicted molar refractivity (Wildman–Crippen MR) is 90.5 cm³/mol. The molecule has 0 bridgehead atoms. The maximum Gasteiger partial charge on any atom is 0.317 e. The summed E-state index contributed by atoms with van der Waals surface area (Å²) in [6, 6.07) is 6.65. The van der Waals surface area contributed by atoms with Gasteiger partial charge in [0.2, 0.25) is 0 Å². The minimum atomic E-state index is -0.00847. The second-order valence-corrected chi connectivity index (χ2v) is 6.40.